The van der Waals surface area contributed by atoms with E-state index in [1.807, 2.05) is 24.3 Å². The quantitative estimate of drug-likeness (QED) is 0.924. The molecule has 2 aromatic rings. The minimum atomic E-state index is 0.695. The molecule has 21 heavy (non-hydrogen) atoms. The highest BCUT2D eigenvalue weighted by atomic mass is 79.9. The number of rotatable bonds is 4. The molecule has 4 heteroatoms. The second-order valence-electron chi connectivity index (χ2n) is 5.07. The maximum atomic E-state index is 8.91. The number of fused-ring (bicyclic) bond motifs is 1. The summed E-state index contributed by atoms with van der Waals surface area (Å²) in [7, 11) is 0. The molecule has 2 aromatic carbocycles. The first kappa shape index (κ1) is 14.1. The summed E-state index contributed by atoms with van der Waals surface area (Å²) in [6.45, 7) is 2.25. The molecule has 0 spiro atoms. The zero-order chi connectivity index (χ0) is 14.7. The van der Waals surface area contributed by atoms with Gasteiger partial charge in [0.25, 0.3) is 0 Å². The van der Waals surface area contributed by atoms with Gasteiger partial charge in [-0.3, -0.25) is 0 Å². The van der Waals surface area contributed by atoms with Crippen LogP contribution in [0.2, 0.25) is 0 Å². The highest BCUT2D eigenvalue weighted by Gasteiger charge is 2.17. The van der Waals surface area contributed by atoms with Crippen LogP contribution in [0.1, 0.15) is 22.3 Å². The van der Waals surface area contributed by atoms with E-state index in [-0.39, 0.29) is 0 Å². The number of nitrogens with zero attached hydrogens (tertiary/aromatic N) is 1. The van der Waals surface area contributed by atoms with E-state index in [1.165, 1.54) is 11.1 Å². The molecule has 0 aromatic heterocycles. The largest absolute Gasteiger partial charge is 0.493 e. The predicted molar refractivity (Wildman–Crippen MR) is 85.0 cm³/mol. The Bertz CT molecular complexity index is 706. The lowest BCUT2D eigenvalue weighted by Gasteiger charge is -2.10. The van der Waals surface area contributed by atoms with E-state index in [1.54, 1.807) is 0 Å². The molecule has 1 aliphatic rings. The van der Waals surface area contributed by atoms with E-state index >= 15 is 0 Å². The molecule has 0 fully saturated rings. The van der Waals surface area contributed by atoms with Crippen LogP contribution in [0.4, 0.5) is 0 Å². The zero-order valence-electron chi connectivity index (χ0n) is 11.5. The van der Waals surface area contributed by atoms with Crippen LogP contribution in [0.5, 0.6) is 5.75 Å². The van der Waals surface area contributed by atoms with Crippen molar-refractivity contribution in [2.45, 2.75) is 19.5 Å². The molecule has 3 rings (SSSR count). The number of nitriles is 1. The van der Waals surface area contributed by atoms with Crippen molar-refractivity contribution in [1.29, 1.82) is 5.26 Å². The molecule has 0 unspecified atom stereocenters. The van der Waals surface area contributed by atoms with Crippen LogP contribution in [0.25, 0.3) is 0 Å². The molecule has 0 amide bonds. The molecular weight excluding hydrogens is 328 g/mol. The first-order chi connectivity index (χ1) is 10.3. The smallest absolute Gasteiger partial charge is 0.127 e. The van der Waals surface area contributed by atoms with Crippen molar-refractivity contribution in [2.75, 3.05) is 6.61 Å². The maximum Gasteiger partial charge on any atom is 0.127 e. The van der Waals surface area contributed by atoms with Gasteiger partial charge in [0.2, 0.25) is 0 Å². The molecule has 0 saturated heterocycles. The van der Waals surface area contributed by atoms with Gasteiger partial charge in [-0.05, 0) is 35.4 Å². The van der Waals surface area contributed by atoms with Gasteiger partial charge < -0.3 is 10.1 Å². The Balaban J connectivity index is 1.67. The third kappa shape index (κ3) is 3.26. The SMILES string of the molecule is N#Cc1cccc(CNCc2cc(Br)cc3c2OCC3)c1. The van der Waals surface area contributed by atoms with Crippen molar-refractivity contribution in [2.24, 2.45) is 0 Å². The van der Waals surface area contributed by atoms with Gasteiger partial charge in [0.05, 0.1) is 18.2 Å². The standard InChI is InChI=1S/C17H15BrN2O/c18-16-7-14-4-5-21-17(14)15(8-16)11-20-10-13-3-1-2-12(6-13)9-19/h1-3,6-8,20H,4-5,10-11H2. The zero-order valence-corrected chi connectivity index (χ0v) is 13.1. The van der Waals surface area contributed by atoms with Gasteiger partial charge in [-0.1, -0.05) is 28.1 Å². The third-order valence-corrected chi connectivity index (χ3v) is 3.98. The summed E-state index contributed by atoms with van der Waals surface area (Å²) in [6, 6.07) is 14.1. The van der Waals surface area contributed by atoms with Gasteiger partial charge in [0.1, 0.15) is 5.75 Å². The molecular formula is C17H15BrN2O. The van der Waals surface area contributed by atoms with Gasteiger partial charge in [-0.15, -0.1) is 0 Å². The minimum absolute atomic E-state index is 0.695. The molecule has 1 N–H and O–H groups in total. The second-order valence-corrected chi connectivity index (χ2v) is 5.98. The molecule has 3 nitrogen and oxygen atoms in total. The van der Waals surface area contributed by atoms with Crippen LogP contribution >= 0.6 is 15.9 Å². The molecule has 106 valence electrons. The molecule has 1 heterocycles. The van der Waals surface area contributed by atoms with Crippen LogP contribution in [-0.4, -0.2) is 6.61 Å². The normalized spacial score (nSPS) is 12.6. The number of halogens is 1. The summed E-state index contributed by atoms with van der Waals surface area (Å²) in [5, 5.41) is 12.3. The fourth-order valence-corrected chi connectivity index (χ4v) is 3.12. The number of hydrogen-bond donors (Lipinski definition) is 1. The van der Waals surface area contributed by atoms with Gasteiger partial charge in [-0.2, -0.15) is 5.26 Å². The molecule has 0 aliphatic carbocycles. The Hall–Kier alpha value is -1.83. The van der Waals surface area contributed by atoms with E-state index in [2.05, 4.69) is 39.4 Å². The first-order valence-corrected chi connectivity index (χ1v) is 7.69. The highest BCUT2D eigenvalue weighted by molar-refractivity contribution is 9.10. The minimum Gasteiger partial charge on any atom is -0.493 e. The van der Waals surface area contributed by atoms with Crippen LogP contribution in [0.15, 0.2) is 40.9 Å². The number of nitrogens with one attached hydrogen (secondary N) is 1. The summed E-state index contributed by atoms with van der Waals surface area (Å²) in [4.78, 5) is 0. The Morgan fingerprint density at radius 1 is 1.24 bits per heavy atom. The van der Waals surface area contributed by atoms with Crippen LogP contribution in [-0.2, 0) is 19.5 Å². The fraction of sp³-hybridized carbons (Fsp3) is 0.235. The third-order valence-electron chi connectivity index (χ3n) is 3.53. The average Bonchev–Trinajstić information content (AvgIpc) is 2.95. The molecule has 0 atom stereocenters. The summed E-state index contributed by atoms with van der Waals surface area (Å²) in [5.41, 5.74) is 4.25. The van der Waals surface area contributed by atoms with E-state index in [9.17, 15) is 0 Å². The average molecular weight is 343 g/mol. The molecule has 0 bridgehead atoms. The lowest BCUT2D eigenvalue weighted by molar-refractivity contribution is 0.352. The predicted octanol–water partition coefficient (Wildman–Crippen LogP) is 3.55. The summed E-state index contributed by atoms with van der Waals surface area (Å²) in [5.74, 6) is 1.02. The highest BCUT2D eigenvalue weighted by Crippen LogP contribution is 2.32. The lowest BCUT2D eigenvalue weighted by Crippen LogP contribution is -2.13. The van der Waals surface area contributed by atoms with E-state index in [4.69, 9.17) is 10.00 Å². The monoisotopic (exact) mass is 342 g/mol. The van der Waals surface area contributed by atoms with Crippen molar-refractivity contribution in [3.8, 4) is 11.8 Å². The number of ether oxygens (including phenoxy) is 1. The van der Waals surface area contributed by atoms with Gasteiger partial charge in [0.15, 0.2) is 0 Å². The van der Waals surface area contributed by atoms with Gasteiger partial charge in [-0.25, -0.2) is 0 Å². The van der Waals surface area contributed by atoms with Crippen LogP contribution in [0.3, 0.4) is 0 Å². The summed E-state index contributed by atoms with van der Waals surface area (Å²) >= 11 is 3.55. The Morgan fingerprint density at radius 3 is 3.00 bits per heavy atom. The van der Waals surface area contributed by atoms with Crippen molar-refractivity contribution >= 4 is 15.9 Å². The Labute approximate surface area is 132 Å². The van der Waals surface area contributed by atoms with Crippen molar-refractivity contribution in [3.63, 3.8) is 0 Å². The van der Waals surface area contributed by atoms with Crippen LogP contribution in [0, 0.1) is 11.3 Å². The van der Waals surface area contributed by atoms with Gasteiger partial charge >= 0.3 is 0 Å². The topological polar surface area (TPSA) is 45.0 Å². The molecule has 1 aliphatic heterocycles. The fourth-order valence-electron chi connectivity index (χ4n) is 2.57. The van der Waals surface area contributed by atoms with Crippen molar-refractivity contribution < 1.29 is 4.74 Å². The second kappa shape index (κ2) is 6.30. The first-order valence-electron chi connectivity index (χ1n) is 6.90. The van der Waals surface area contributed by atoms with Crippen molar-refractivity contribution in [1.82, 2.24) is 5.32 Å². The van der Waals surface area contributed by atoms with E-state index in [0.717, 1.165) is 41.9 Å². The number of hydrogen-bond acceptors (Lipinski definition) is 3. The lowest BCUT2D eigenvalue weighted by atomic mass is 10.1. The Morgan fingerprint density at radius 2 is 2.14 bits per heavy atom. The van der Waals surface area contributed by atoms with E-state index in [0.29, 0.717) is 5.56 Å². The summed E-state index contributed by atoms with van der Waals surface area (Å²) < 4.78 is 6.81. The van der Waals surface area contributed by atoms with E-state index < -0.39 is 0 Å². The molecule has 0 saturated carbocycles. The van der Waals surface area contributed by atoms with Crippen molar-refractivity contribution in [3.05, 3.63) is 63.1 Å². The van der Waals surface area contributed by atoms with Gasteiger partial charge in [0, 0.05) is 29.5 Å². The van der Waals surface area contributed by atoms with Crippen LogP contribution < -0.4 is 10.1 Å². The molecule has 0 radical (unpaired) electrons. The summed E-state index contributed by atoms with van der Waals surface area (Å²) in [6.07, 6.45) is 0.978. The maximum absolute atomic E-state index is 8.91. The Kier molecular flexibility index (Phi) is 4.23. The number of benzene rings is 2.